The Labute approximate surface area is 113 Å². The van der Waals surface area contributed by atoms with Crippen LogP contribution in [-0.2, 0) is 12.8 Å². The third-order valence-corrected chi connectivity index (χ3v) is 3.01. The van der Waals surface area contributed by atoms with Crippen molar-refractivity contribution in [3.05, 3.63) is 42.2 Å². The lowest BCUT2D eigenvalue weighted by Crippen LogP contribution is -2.39. The molecule has 1 atom stereocenters. The molecule has 0 saturated heterocycles. The monoisotopic (exact) mass is 260 g/mol. The fourth-order valence-corrected chi connectivity index (χ4v) is 2.07. The molecule has 19 heavy (non-hydrogen) atoms. The topological polar surface area (TPSA) is 81.7 Å². The summed E-state index contributed by atoms with van der Waals surface area (Å²) in [5.41, 5.74) is 4.00. The Balaban J connectivity index is 2.05. The molecular weight excluding hydrogens is 240 g/mol. The van der Waals surface area contributed by atoms with Crippen LogP contribution >= 0.6 is 0 Å². The summed E-state index contributed by atoms with van der Waals surface area (Å²) in [6.45, 7) is 4.17. The van der Waals surface area contributed by atoms with Gasteiger partial charge >= 0.3 is 0 Å². The van der Waals surface area contributed by atoms with E-state index >= 15 is 0 Å². The van der Waals surface area contributed by atoms with Gasteiger partial charge in [0, 0.05) is 30.9 Å². The highest BCUT2D eigenvalue weighted by atomic mass is 15.3. The Kier molecular flexibility index (Phi) is 4.59. The van der Waals surface area contributed by atoms with Gasteiger partial charge in [-0.2, -0.15) is 5.10 Å². The maximum atomic E-state index is 5.64. The molecule has 0 spiro atoms. The van der Waals surface area contributed by atoms with Crippen LogP contribution in [0.3, 0.4) is 0 Å². The largest absolute Gasteiger partial charge is 0.271 e. The summed E-state index contributed by atoms with van der Waals surface area (Å²) in [6.07, 6.45) is 6.77. The van der Waals surface area contributed by atoms with Crippen molar-refractivity contribution in [1.29, 1.82) is 0 Å². The molecule has 0 radical (unpaired) electrons. The van der Waals surface area contributed by atoms with Crippen molar-refractivity contribution in [3.8, 4) is 0 Å². The second-order valence-electron chi connectivity index (χ2n) is 4.85. The standard InChI is InChI=1S/C13H20N6/c1-10(2)19-13(16-9-17-19)7-12(18-14)6-11-4-3-5-15-8-11/h3-5,8-10,12,18H,6-7,14H2,1-2H3. The predicted molar refractivity (Wildman–Crippen MR) is 73.2 cm³/mol. The first-order valence-corrected chi connectivity index (χ1v) is 6.44. The molecule has 1 unspecified atom stereocenters. The van der Waals surface area contributed by atoms with Crippen molar-refractivity contribution in [1.82, 2.24) is 25.2 Å². The second kappa shape index (κ2) is 6.40. The van der Waals surface area contributed by atoms with Crippen molar-refractivity contribution >= 4 is 0 Å². The highest BCUT2D eigenvalue weighted by Gasteiger charge is 2.14. The summed E-state index contributed by atoms with van der Waals surface area (Å²) in [7, 11) is 0. The SMILES string of the molecule is CC(C)n1ncnc1CC(Cc1cccnc1)NN. The predicted octanol–water partition coefficient (Wildman–Crippen LogP) is 0.871. The zero-order chi connectivity index (χ0) is 13.7. The molecule has 0 aliphatic heterocycles. The van der Waals surface area contributed by atoms with Crippen LogP contribution in [-0.4, -0.2) is 25.8 Å². The van der Waals surface area contributed by atoms with Gasteiger partial charge in [0.2, 0.25) is 0 Å². The van der Waals surface area contributed by atoms with Crippen molar-refractivity contribution in [2.24, 2.45) is 5.84 Å². The number of nitrogens with zero attached hydrogens (tertiary/aromatic N) is 4. The normalized spacial score (nSPS) is 12.8. The van der Waals surface area contributed by atoms with E-state index in [1.54, 1.807) is 12.5 Å². The van der Waals surface area contributed by atoms with Crippen molar-refractivity contribution < 1.29 is 0 Å². The summed E-state index contributed by atoms with van der Waals surface area (Å²) >= 11 is 0. The Morgan fingerprint density at radius 3 is 2.84 bits per heavy atom. The van der Waals surface area contributed by atoms with Gasteiger partial charge in [-0.05, 0) is 31.9 Å². The van der Waals surface area contributed by atoms with Gasteiger partial charge in [-0.15, -0.1) is 0 Å². The van der Waals surface area contributed by atoms with E-state index in [0.29, 0.717) is 6.04 Å². The fraction of sp³-hybridized carbons (Fsp3) is 0.462. The fourth-order valence-electron chi connectivity index (χ4n) is 2.07. The molecule has 0 aliphatic carbocycles. The number of rotatable bonds is 6. The molecule has 6 heteroatoms. The van der Waals surface area contributed by atoms with E-state index in [2.05, 4.69) is 34.3 Å². The molecule has 0 aliphatic rings. The van der Waals surface area contributed by atoms with Gasteiger partial charge in [-0.1, -0.05) is 6.07 Å². The lowest BCUT2D eigenvalue weighted by atomic mass is 10.1. The van der Waals surface area contributed by atoms with Crippen LogP contribution in [0.1, 0.15) is 31.3 Å². The van der Waals surface area contributed by atoms with Gasteiger partial charge in [-0.25, -0.2) is 9.67 Å². The summed E-state index contributed by atoms with van der Waals surface area (Å²) < 4.78 is 1.92. The van der Waals surface area contributed by atoms with E-state index in [1.165, 1.54) is 0 Å². The Morgan fingerprint density at radius 1 is 1.37 bits per heavy atom. The van der Waals surface area contributed by atoms with Gasteiger partial charge < -0.3 is 0 Å². The second-order valence-corrected chi connectivity index (χ2v) is 4.85. The molecule has 3 N–H and O–H groups in total. The van der Waals surface area contributed by atoms with Crippen LogP contribution in [0.5, 0.6) is 0 Å². The number of nitrogens with two attached hydrogens (primary N) is 1. The lowest BCUT2D eigenvalue weighted by molar-refractivity contribution is 0.458. The molecule has 2 aromatic heterocycles. The molecule has 0 fully saturated rings. The number of pyridine rings is 1. The molecule has 102 valence electrons. The molecule has 2 heterocycles. The number of hydrazine groups is 1. The van der Waals surface area contributed by atoms with Crippen LogP contribution in [0.25, 0.3) is 0 Å². The van der Waals surface area contributed by atoms with E-state index in [0.717, 1.165) is 24.2 Å². The summed E-state index contributed by atoms with van der Waals surface area (Å²) in [6, 6.07) is 4.39. The first-order chi connectivity index (χ1) is 9.20. The minimum Gasteiger partial charge on any atom is -0.271 e. The molecule has 0 amide bonds. The van der Waals surface area contributed by atoms with Gasteiger partial charge in [0.1, 0.15) is 12.2 Å². The minimum atomic E-state index is 0.117. The molecule has 2 rings (SSSR count). The van der Waals surface area contributed by atoms with Crippen LogP contribution in [0.15, 0.2) is 30.9 Å². The van der Waals surface area contributed by atoms with Gasteiger partial charge in [0.05, 0.1) is 0 Å². The molecule has 0 saturated carbocycles. The Hall–Kier alpha value is -1.79. The summed E-state index contributed by atoms with van der Waals surface area (Å²) in [4.78, 5) is 8.42. The molecule has 0 aromatic carbocycles. The third kappa shape index (κ3) is 3.59. The van der Waals surface area contributed by atoms with Crippen molar-refractivity contribution in [3.63, 3.8) is 0 Å². The van der Waals surface area contributed by atoms with Gasteiger partial charge in [0.15, 0.2) is 0 Å². The summed E-state index contributed by atoms with van der Waals surface area (Å²) in [5, 5.41) is 4.23. The quantitative estimate of drug-likeness (QED) is 0.595. The number of aromatic nitrogens is 4. The number of hydrogen-bond acceptors (Lipinski definition) is 5. The Bertz CT molecular complexity index is 493. The maximum absolute atomic E-state index is 5.64. The van der Waals surface area contributed by atoms with E-state index < -0.39 is 0 Å². The van der Waals surface area contributed by atoms with Gasteiger partial charge in [-0.3, -0.25) is 16.3 Å². The van der Waals surface area contributed by atoms with E-state index in [9.17, 15) is 0 Å². The van der Waals surface area contributed by atoms with Gasteiger partial charge in [0.25, 0.3) is 0 Å². The Morgan fingerprint density at radius 2 is 2.21 bits per heavy atom. The minimum absolute atomic E-state index is 0.117. The van der Waals surface area contributed by atoms with Crippen LogP contribution < -0.4 is 11.3 Å². The van der Waals surface area contributed by atoms with Crippen molar-refractivity contribution in [2.75, 3.05) is 0 Å². The van der Waals surface area contributed by atoms with E-state index in [1.807, 2.05) is 23.0 Å². The third-order valence-electron chi connectivity index (χ3n) is 3.01. The molecule has 6 nitrogen and oxygen atoms in total. The zero-order valence-electron chi connectivity index (χ0n) is 11.3. The first kappa shape index (κ1) is 13.6. The highest BCUT2D eigenvalue weighted by molar-refractivity contribution is 5.11. The maximum Gasteiger partial charge on any atom is 0.138 e. The molecule has 0 bridgehead atoms. The number of hydrogen-bond donors (Lipinski definition) is 2. The highest BCUT2D eigenvalue weighted by Crippen LogP contribution is 2.10. The zero-order valence-corrected chi connectivity index (χ0v) is 11.3. The lowest BCUT2D eigenvalue weighted by Gasteiger charge is -2.17. The average molecular weight is 260 g/mol. The van der Waals surface area contributed by atoms with Crippen LogP contribution in [0, 0.1) is 0 Å². The molecule has 2 aromatic rings. The number of nitrogens with one attached hydrogen (secondary N) is 1. The van der Waals surface area contributed by atoms with E-state index in [4.69, 9.17) is 5.84 Å². The smallest absolute Gasteiger partial charge is 0.138 e. The summed E-state index contributed by atoms with van der Waals surface area (Å²) in [5.74, 6) is 6.58. The van der Waals surface area contributed by atoms with Crippen LogP contribution in [0.4, 0.5) is 0 Å². The average Bonchev–Trinajstić information content (AvgIpc) is 2.87. The molecular formula is C13H20N6. The first-order valence-electron chi connectivity index (χ1n) is 6.44. The van der Waals surface area contributed by atoms with Crippen LogP contribution in [0.2, 0.25) is 0 Å². The van der Waals surface area contributed by atoms with Crippen molar-refractivity contribution in [2.45, 2.75) is 38.8 Å². The van der Waals surface area contributed by atoms with E-state index in [-0.39, 0.29) is 6.04 Å².